The zero-order chi connectivity index (χ0) is 33.2. The number of piperazine rings is 4. The molecule has 8 aliphatic rings. The van der Waals surface area contributed by atoms with Crippen molar-refractivity contribution < 1.29 is 54.0 Å². The van der Waals surface area contributed by atoms with Gasteiger partial charge in [-0.3, -0.25) is 19.6 Å². The summed E-state index contributed by atoms with van der Waals surface area (Å²) in [6.07, 6.45) is 14.1. The van der Waals surface area contributed by atoms with Crippen molar-refractivity contribution in [3.05, 3.63) is 0 Å². The van der Waals surface area contributed by atoms with Gasteiger partial charge in [-0.25, -0.2) is 9.80 Å². The molecule has 49 heavy (non-hydrogen) atoms. The number of rotatable bonds is 5. The van der Waals surface area contributed by atoms with Crippen LogP contribution < -0.4 is 46.8 Å². The number of alkyl halides is 2. The molecule has 0 spiro atoms. The van der Waals surface area contributed by atoms with E-state index >= 15 is 0 Å². The standard InChI is InChI=1S/C16H31IN4.C12H22N4.C4H9I.CH3I.2CH4.I2.HI/c1-2-3-10-20-11-4-6-18-9-14-21(17)12-5-7-19(8-13-20)16(21)15(18)20;1-3-13-7-9-15-5-2-6-16-10-8-14(4-1)11(13)12(15)16;1-2-3-4-5;1-2;;;1-2;/h15-16H,2-14H2,1H3;11-12H,1-10H2;2-4H2,1H3;1H3;2*1H4;;1H/q+1;;;;;;;/p-1. The van der Waals surface area contributed by atoms with E-state index in [0.29, 0.717) is 0 Å². The van der Waals surface area contributed by atoms with Crippen LogP contribution in [0.1, 0.15) is 80.1 Å². The Balaban J connectivity index is 0.000000384. The topological polar surface area (TPSA) is 19.4 Å². The Hall–Kier alpha value is 4.06. The molecule has 4 unspecified atom stereocenters. The van der Waals surface area contributed by atoms with Gasteiger partial charge in [-0.05, 0) is 35.0 Å². The van der Waals surface area contributed by atoms with Gasteiger partial charge in [0.1, 0.15) is 0 Å². The summed E-state index contributed by atoms with van der Waals surface area (Å²) < 4.78 is 4.05. The highest BCUT2D eigenvalue weighted by Crippen LogP contribution is 2.39. The maximum Gasteiger partial charge on any atom is 0.212 e. The fourth-order valence-electron chi connectivity index (χ4n) is 9.94. The van der Waals surface area contributed by atoms with Crippen LogP contribution in [0.2, 0.25) is 0 Å². The summed E-state index contributed by atoms with van der Waals surface area (Å²) in [7, 11) is 0. The highest BCUT2D eigenvalue weighted by molar-refractivity contribution is 15.0. The van der Waals surface area contributed by atoms with E-state index in [1.54, 1.807) is 0 Å². The predicted molar refractivity (Wildman–Crippen MR) is 238 cm³/mol. The predicted octanol–water partition coefficient (Wildman–Crippen LogP) is 0.981. The highest BCUT2D eigenvalue weighted by Gasteiger charge is 2.60. The first-order valence-electron chi connectivity index (χ1n) is 18.5. The average Bonchev–Trinajstić information content (AvgIpc) is 3.11. The Morgan fingerprint density at radius 2 is 0.980 bits per heavy atom. The second-order valence-corrected chi connectivity index (χ2v) is 17.4. The fourth-order valence-corrected chi connectivity index (χ4v) is 11.9. The van der Waals surface area contributed by atoms with Gasteiger partial charge in [-0.15, -0.1) is 0 Å². The van der Waals surface area contributed by atoms with Crippen LogP contribution in [0.25, 0.3) is 0 Å². The highest BCUT2D eigenvalue weighted by atomic mass is 128. The molecule has 0 N–H and O–H groups in total. The molecule has 8 rings (SSSR count). The third-order valence-electron chi connectivity index (χ3n) is 12.0. The Labute approximate surface area is 385 Å². The monoisotopic (exact) mass is 1370 g/mol. The first kappa shape index (κ1) is 51.1. The summed E-state index contributed by atoms with van der Waals surface area (Å²) in [6, 6.07) is 0. The van der Waals surface area contributed by atoms with Crippen molar-refractivity contribution in [1.82, 2.24) is 29.4 Å². The summed E-state index contributed by atoms with van der Waals surface area (Å²) in [4.78, 5) is 18.7. The number of hydrogen-bond acceptors (Lipinski definition) is 6. The third-order valence-corrected chi connectivity index (χ3v) is 14.3. The van der Waals surface area contributed by atoms with Crippen molar-refractivity contribution in [3.63, 3.8) is 0 Å². The van der Waals surface area contributed by atoms with Gasteiger partial charge in [0.05, 0.1) is 58.1 Å². The summed E-state index contributed by atoms with van der Waals surface area (Å²) in [5, 5.41) is 0. The van der Waals surface area contributed by atoms with E-state index in [0.717, 1.165) is 24.7 Å². The van der Waals surface area contributed by atoms with Gasteiger partial charge in [-0.2, -0.15) is 0 Å². The molecule has 0 amide bonds. The van der Waals surface area contributed by atoms with E-state index in [-0.39, 0.29) is 38.8 Å². The molecular weight excluding hydrogens is 1290 g/mol. The number of quaternary nitrogens is 2. The van der Waals surface area contributed by atoms with Crippen molar-refractivity contribution >= 4 is 82.4 Å². The van der Waals surface area contributed by atoms with E-state index in [4.69, 9.17) is 0 Å². The molecule has 8 heterocycles. The molecule has 295 valence electrons. The first-order valence-corrected chi connectivity index (χ1v) is 29.4. The molecule has 1 radical (unpaired) electrons. The summed E-state index contributed by atoms with van der Waals surface area (Å²) >= 11 is 11.6. The van der Waals surface area contributed by atoms with E-state index < -0.39 is 0 Å². The molecule has 8 fully saturated rings. The zero-order valence-corrected chi connectivity index (χ0v) is 42.5. The van der Waals surface area contributed by atoms with Gasteiger partial charge in [0, 0.05) is 116 Å². The second kappa shape index (κ2) is 26.1. The van der Waals surface area contributed by atoms with Crippen molar-refractivity contribution in [2.45, 2.75) is 105 Å². The summed E-state index contributed by atoms with van der Waals surface area (Å²) in [5.41, 5.74) is 0. The molecule has 0 bridgehead atoms. The fraction of sp³-hybridized carbons (Fsp3) is 1.00. The molecule has 14 heteroatoms. The Kier molecular flexibility index (Phi) is 27.2. The van der Waals surface area contributed by atoms with Gasteiger partial charge in [0.2, 0.25) is 6.17 Å². The lowest BCUT2D eigenvalue weighted by molar-refractivity contribution is -1.33. The molecule has 0 aromatic carbocycles. The van der Waals surface area contributed by atoms with Crippen molar-refractivity contribution in [1.29, 1.82) is 0 Å². The molecule has 8 nitrogen and oxygen atoms in total. The lowest BCUT2D eigenvalue weighted by Crippen LogP contribution is -3.49. The van der Waals surface area contributed by atoms with Crippen LogP contribution in [0.4, 0.5) is 0 Å². The van der Waals surface area contributed by atoms with Crippen molar-refractivity contribution in [2.75, 3.05) is 121 Å². The average molecular weight is 1370 g/mol. The molecule has 0 aliphatic carbocycles. The van der Waals surface area contributed by atoms with Crippen LogP contribution in [0.5, 0.6) is 0 Å². The minimum atomic E-state index is 0. The van der Waals surface area contributed by atoms with Crippen molar-refractivity contribution in [2.24, 2.45) is 0 Å². The van der Waals surface area contributed by atoms with Crippen LogP contribution in [0, 0.1) is 0 Å². The largest absolute Gasteiger partial charge is 1.00 e. The third kappa shape index (κ3) is 12.3. The molecule has 0 aromatic heterocycles. The van der Waals surface area contributed by atoms with Gasteiger partial charge in [0.15, 0.2) is 6.17 Å². The molecule has 8 aliphatic heterocycles. The quantitative estimate of drug-likeness (QED) is 0.176. The molecule has 8 saturated heterocycles. The minimum absolute atomic E-state index is 0. The van der Waals surface area contributed by atoms with Crippen LogP contribution in [-0.2, 0) is 0 Å². The second-order valence-electron chi connectivity index (χ2n) is 14.4. The van der Waals surface area contributed by atoms with E-state index in [2.05, 4.69) is 149 Å². The van der Waals surface area contributed by atoms with E-state index in [9.17, 15) is 0 Å². The smallest absolute Gasteiger partial charge is 0.212 e. The van der Waals surface area contributed by atoms with Crippen LogP contribution >= 0.6 is 82.4 Å². The van der Waals surface area contributed by atoms with E-state index in [1.165, 1.54) is 174 Å². The zero-order valence-electron chi connectivity index (χ0n) is 29.5. The summed E-state index contributed by atoms with van der Waals surface area (Å²) in [5.74, 6) is 0. The normalized spacial score (nSPS) is 35.0. The minimum Gasteiger partial charge on any atom is -1.00 e. The molecular formula is C35H73I6N8. The Morgan fingerprint density at radius 3 is 1.43 bits per heavy atom. The number of nitrogens with zero attached hydrogens (tertiary/aromatic N) is 8. The van der Waals surface area contributed by atoms with Gasteiger partial charge in [-0.1, -0.05) is 86.7 Å². The molecule has 4 atom stereocenters. The number of unbranched alkanes of at least 4 members (excludes halogenated alkanes) is 2. The SMILES string of the molecule is C.C.C1CN2CCN3CCCN4CCN(C1)C2C34.CCCCI.CCCC[N+]12CCCN3CC[N+]4([I-])CCCN(CC1)C4C32.CI.II.[I-]. The molecule has 0 saturated carbocycles. The van der Waals surface area contributed by atoms with Crippen LogP contribution in [0.15, 0.2) is 0 Å². The summed E-state index contributed by atoms with van der Waals surface area (Å²) in [6.45, 7) is 27.5. The maximum atomic E-state index is 2.89. The van der Waals surface area contributed by atoms with E-state index in [1.807, 2.05) is 4.93 Å². The lowest BCUT2D eigenvalue weighted by Gasteiger charge is -2.69. The van der Waals surface area contributed by atoms with Crippen LogP contribution in [0.3, 0.4) is 0 Å². The first-order chi connectivity index (χ1) is 22.5. The van der Waals surface area contributed by atoms with Crippen LogP contribution in [-0.4, -0.2) is 182 Å². The lowest BCUT2D eigenvalue weighted by atomic mass is 9.97. The van der Waals surface area contributed by atoms with Gasteiger partial charge < -0.3 is 54.0 Å². The van der Waals surface area contributed by atoms with Crippen molar-refractivity contribution in [3.8, 4) is 0 Å². The molecule has 0 aromatic rings. The Bertz CT molecular complexity index is 830. The Morgan fingerprint density at radius 1 is 0.551 bits per heavy atom. The van der Waals surface area contributed by atoms with Gasteiger partial charge in [0.25, 0.3) is 0 Å². The maximum absolute atomic E-state index is 2.89. The number of halogens is 6. The van der Waals surface area contributed by atoms with Gasteiger partial charge >= 0.3 is 0 Å². The number of hydrogen-bond donors (Lipinski definition) is 0.